The molecule has 29 heavy (non-hydrogen) atoms. The van der Waals surface area contributed by atoms with Crippen LogP contribution in [0.3, 0.4) is 0 Å². The lowest BCUT2D eigenvalue weighted by Gasteiger charge is -2.55. The van der Waals surface area contributed by atoms with E-state index >= 15 is 0 Å². The van der Waals surface area contributed by atoms with Crippen LogP contribution in [0.25, 0.3) is 0 Å². The van der Waals surface area contributed by atoms with Crippen LogP contribution >= 0.6 is 0 Å². The van der Waals surface area contributed by atoms with Crippen molar-refractivity contribution >= 4 is 16.0 Å². The first kappa shape index (κ1) is 23.6. The lowest BCUT2D eigenvalue weighted by molar-refractivity contribution is -0.133. The smallest absolute Gasteiger partial charge is 0.215 e. The second-order valence-electron chi connectivity index (χ2n) is 7.52. The Morgan fingerprint density at radius 2 is 1.79 bits per heavy atom. The molecule has 1 saturated carbocycles. The Hall–Kier alpha value is -1.64. The van der Waals surface area contributed by atoms with Crippen molar-refractivity contribution in [3.05, 3.63) is 35.4 Å². The lowest BCUT2D eigenvalue weighted by Crippen LogP contribution is -2.65. The average Bonchev–Trinajstić information content (AvgIpc) is 2.71. The summed E-state index contributed by atoms with van der Waals surface area (Å²) >= 11 is 0. The van der Waals surface area contributed by atoms with E-state index in [0.717, 1.165) is 43.0 Å². The summed E-state index contributed by atoms with van der Waals surface area (Å²) in [5, 5.41) is 6.94. The number of aliphatic imine (C=N–C) groups is 1. The Kier molecular flexibility index (Phi) is 8.48. The summed E-state index contributed by atoms with van der Waals surface area (Å²) in [6.07, 6.45) is 3.43. The van der Waals surface area contributed by atoms with Gasteiger partial charge in [0.05, 0.1) is 11.9 Å². The van der Waals surface area contributed by atoms with Crippen molar-refractivity contribution in [2.24, 2.45) is 10.4 Å². The minimum absolute atomic E-state index is 0.0147. The summed E-state index contributed by atoms with van der Waals surface area (Å²) < 4.78 is 31.6. The van der Waals surface area contributed by atoms with Gasteiger partial charge in [0.1, 0.15) is 0 Å². The van der Waals surface area contributed by atoms with Crippen molar-refractivity contribution in [2.45, 2.75) is 64.5 Å². The monoisotopic (exact) mass is 424 g/mol. The molecule has 0 aromatic heterocycles. The van der Waals surface area contributed by atoms with E-state index in [0.29, 0.717) is 18.7 Å². The summed E-state index contributed by atoms with van der Waals surface area (Å²) in [4.78, 5) is 4.37. The quantitative estimate of drug-likeness (QED) is 0.396. The molecule has 1 aromatic rings. The zero-order chi connectivity index (χ0) is 21.5. The fraction of sp³-hybridized carbons (Fsp3) is 0.667. The zero-order valence-corrected chi connectivity index (χ0v) is 19.1. The van der Waals surface area contributed by atoms with Crippen LogP contribution in [0, 0.1) is 5.41 Å². The van der Waals surface area contributed by atoms with Crippen LogP contribution in [-0.2, 0) is 27.1 Å². The maximum atomic E-state index is 11.7. The Bertz CT molecular complexity index is 774. The van der Waals surface area contributed by atoms with Crippen molar-refractivity contribution in [3.8, 4) is 0 Å². The summed E-state index contributed by atoms with van der Waals surface area (Å²) in [6.45, 7) is 7.88. The molecule has 0 saturated heterocycles. The highest BCUT2D eigenvalue weighted by molar-refractivity contribution is 7.88. The van der Waals surface area contributed by atoms with Gasteiger partial charge in [-0.3, -0.25) is 4.99 Å². The van der Waals surface area contributed by atoms with Gasteiger partial charge in [-0.1, -0.05) is 38.1 Å². The minimum atomic E-state index is -3.26. The van der Waals surface area contributed by atoms with Gasteiger partial charge in [0.2, 0.25) is 10.0 Å². The first-order chi connectivity index (χ1) is 13.8. The van der Waals surface area contributed by atoms with Crippen molar-refractivity contribution in [1.29, 1.82) is 0 Å². The van der Waals surface area contributed by atoms with Crippen molar-refractivity contribution < 1.29 is 13.2 Å². The average molecular weight is 425 g/mol. The predicted octanol–water partition coefficient (Wildman–Crippen LogP) is 2.38. The topological polar surface area (TPSA) is 91.8 Å². The van der Waals surface area contributed by atoms with E-state index in [4.69, 9.17) is 4.74 Å². The molecule has 3 N–H and O–H groups in total. The molecular formula is C21H36N4O3S. The standard InChI is InChI=1S/C21H36N4O3S/c1-6-21(7-2)18(13-19(21)28-8-3)25-20(22-4)24-14-16-9-11-17(12-10-16)15-29(26,27)23-5/h9-12,18-19,23H,6-8,13-15H2,1-5H3,(H2,22,24,25). The van der Waals surface area contributed by atoms with Crippen LogP contribution in [0.4, 0.5) is 0 Å². The van der Waals surface area contributed by atoms with Crippen LogP contribution in [0.2, 0.25) is 0 Å². The number of nitrogens with zero attached hydrogens (tertiary/aromatic N) is 1. The molecule has 0 heterocycles. The molecule has 1 aliphatic carbocycles. The van der Waals surface area contributed by atoms with Crippen LogP contribution in [0.1, 0.15) is 51.2 Å². The normalized spacial score (nSPS) is 21.5. The Labute approximate surface area is 175 Å². The number of guanidine groups is 1. The van der Waals surface area contributed by atoms with E-state index in [9.17, 15) is 8.42 Å². The van der Waals surface area contributed by atoms with Crippen LogP contribution in [0.15, 0.2) is 29.3 Å². The van der Waals surface area contributed by atoms with Crippen molar-refractivity contribution in [3.63, 3.8) is 0 Å². The molecule has 0 amide bonds. The number of sulfonamides is 1. The first-order valence-electron chi connectivity index (χ1n) is 10.4. The summed E-state index contributed by atoms with van der Waals surface area (Å²) in [7, 11) is -0.0507. The number of hydrogen-bond acceptors (Lipinski definition) is 4. The Morgan fingerprint density at radius 1 is 1.17 bits per heavy atom. The van der Waals surface area contributed by atoms with Gasteiger partial charge in [-0.05, 0) is 44.4 Å². The molecule has 164 valence electrons. The third kappa shape index (κ3) is 5.71. The van der Waals surface area contributed by atoms with Gasteiger partial charge >= 0.3 is 0 Å². The van der Waals surface area contributed by atoms with Gasteiger partial charge in [-0.25, -0.2) is 13.1 Å². The summed E-state index contributed by atoms with van der Waals surface area (Å²) in [6, 6.07) is 7.92. The number of ether oxygens (including phenoxy) is 1. The SMILES string of the molecule is CCOC1CC(NC(=NC)NCc2ccc(CS(=O)(=O)NC)cc2)C1(CC)CC. The molecule has 0 radical (unpaired) electrons. The predicted molar refractivity (Wildman–Crippen MR) is 118 cm³/mol. The van der Waals surface area contributed by atoms with Gasteiger partial charge in [0, 0.05) is 31.7 Å². The van der Waals surface area contributed by atoms with Crippen molar-refractivity contribution in [1.82, 2.24) is 15.4 Å². The third-order valence-electron chi connectivity index (χ3n) is 6.15. The molecule has 1 aromatic carbocycles. The molecule has 0 aliphatic heterocycles. The van der Waals surface area contributed by atoms with Crippen LogP contribution in [-0.4, -0.2) is 47.2 Å². The van der Waals surface area contributed by atoms with E-state index in [1.165, 1.54) is 7.05 Å². The van der Waals surface area contributed by atoms with Gasteiger partial charge < -0.3 is 15.4 Å². The van der Waals surface area contributed by atoms with Gasteiger partial charge in [-0.2, -0.15) is 0 Å². The number of hydrogen-bond donors (Lipinski definition) is 3. The second-order valence-corrected chi connectivity index (χ2v) is 9.45. The maximum absolute atomic E-state index is 11.7. The maximum Gasteiger partial charge on any atom is 0.215 e. The van der Waals surface area contributed by atoms with E-state index in [1.54, 1.807) is 7.05 Å². The molecule has 2 unspecified atom stereocenters. The van der Waals surface area contributed by atoms with Gasteiger partial charge in [0.25, 0.3) is 0 Å². The van der Waals surface area contributed by atoms with E-state index < -0.39 is 10.0 Å². The fourth-order valence-corrected chi connectivity index (χ4v) is 4.95. The van der Waals surface area contributed by atoms with E-state index in [1.807, 2.05) is 24.3 Å². The molecule has 0 spiro atoms. The van der Waals surface area contributed by atoms with Gasteiger partial charge in [0.15, 0.2) is 5.96 Å². The third-order valence-corrected chi connectivity index (χ3v) is 7.49. The molecule has 0 bridgehead atoms. The molecular weight excluding hydrogens is 388 g/mol. The van der Waals surface area contributed by atoms with Crippen molar-refractivity contribution in [2.75, 3.05) is 20.7 Å². The van der Waals surface area contributed by atoms with E-state index in [-0.39, 0.29) is 11.2 Å². The zero-order valence-electron chi connectivity index (χ0n) is 18.3. The highest BCUT2D eigenvalue weighted by Gasteiger charge is 2.53. The molecule has 7 nitrogen and oxygen atoms in total. The number of nitrogens with one attached hydrogen (secondary N) is 3. The molecule has 2 rings (SSSR count). The number of benzene rings is 1. The van der Waals surface area contributed by atoms with E-state index in [2.05, 4.69) is 41.1 Å². The highest BCUT2D eigenvalue weighted by Crippen LogP contribution is 2.48. The molecule has 1 aliphatic rings. The minimum Gasteiger partial charge on any atom is -0.378 e. The summed E-state index contributed by atoms with van der Waals surface area (Å²) in [5.41, 5.74) is 1.97. The van der Waals surface area contributed by atoms with Crippen LogP contribution < -0.4 is 15.4 Å². The molecule has 1 fully saturated rings. The van der Waals surface area contributed by atoms with Crippen LogP contribution in [0.5, 0.6) is 0 Å². The Morgan fingerprint density at radius 3 is 2.31 bits per heavy atom. The Balaban J connectivity index is 1.93. The highest BCUT2D eigenvalue weighted by atomic mass is 32.2. The lowest BCUT2D eigenvalue weighted by atomic mass is 9.58. The fourth-order valence-electron chi connectivity index (χ4n) is 4.17. The number of rotatable bonds is 10. The molecule has 2 atom stereocenters. The largest absolute Gasteiger partial charge is 0.378 e. The second kappa shape index (κ2) is 10.4. The summed E-state index contributed by atoms with van der Waals surface area (Å²) in [5.74, 6) is 0.761. The van der Waals surface area contributed by atoms with Gasteiger partial charge in [-0.15, -0.1) is 0 Å². The first-order valence-corrected chi connectivity index (χ1v) is 12.1. The molecule has 8 heteroatoms.